The maximum Gasteiger partial charge on any atom is 0.384 e. The third-order valence-corrected chi connectivity index (χ3v) is 4.27. The number of carboxylic acids is 1. The molecule has 0 aliphatic heterocycles. The number of aliphatic carboxylic acids is 1. The van der Waals surface area contributed by atoms with E-state index in [1.54, 1.807) is 0 Å². The Bertz CT molecular complexity index is 488. The van der Waals surface area contributed by atoms with Crippen LogP contribution in [0.15, 0.2) is 0 Å². The van der Waals surface area contributed by atoms with Crippen LogP contribution >= 0.6 is 22.6 Å². The van der Waals surface area contributed by atoms with Crippen molar-refractivity contribution < 1.29 is 58.2 Å². The largest absolute Gasteiger partial charge is 0.480 e. The van der Waals surface area contributed by atoms with E-state index in [1.165, 1.54) is 0 Å². The van der Waals surface area contributed by atoms with Crippen molar-refractivity contribution in [1.29, 1.82) is 0 Å². The Morgan fingerprint density at radius 2 is 1.00 bits per heavy atom. The zero-order chi connectivity index (χ0) is 18.9. The van der Waals surface area contributed by atoms with Crippen molar-refractivity contribution in [3.8, 4) is 0 Å². The summed E-state index contributed by atoms with van der Waals surface area (Å²) in [6, 6.07) is 0. The third kappa shape index (κ3) is 2.08. The van der Waals surface area contributed by atoms with Crippen LogP contribution in [0.25, 0.3) is 0 Å². The van der Waals surface area contributed by atoms with E-state index in [9.17, 15) is 53.1 Å². The van der Waals surface area contributed by atoms with Crippen molar-refractivity contribution >= 4 is 28.6 Å². The van der Waals surface area contributed by atoms with Crippen LogP contribution in [0.3, 0.4) is 0 Å². The van der Waals surface area contributed by atoms with Crippen molar-refractivity contribution in [3.05, 3.63) is 0 Å². The lowest BCUT2D eigenvalue weighted by Crippen LogP contribution is -2.84. The Kier molecular flexibility index (Phi) is 4.42. The lowest BCUT2D eigenvalue weighted by atomic mass is 9.70. The summed E-state index contributed by atoms with van der Waals surface area (Å²) in [6.45, 7) is 0. The minimum Gasteiger partial charge on any atom is -0.480 e. The van der Waals surface area contributed by atoms with Gasteiger partial charge in [-0.2, -0.15) is 43.9 Å². The second kappa shape index (κ2) is 4.97. The predicted octanol–water partition coefficient (Wildman–Crippen LogP) is 4.16. The van der Waals surface area contributed by atoms with Gasteiger partial charge in [-0.05, 0) is 0 Å². The number of hydrogen-bond acceptors (Lipinski definition) is 1. The highest BCUT2D eigenvalue weighted by molar-refractivity contribution is 14.1. The first-order valence-electron chi connectivity index (χ1n) is 5.28. The minimum absolute atomic E-state index is 0.526. The molecule has 1 atom stereocenters. The van der Waals surface area contributed by atoms with E-state index in [2.05, 4.69) is 0 Å². The fraction of sp³-hybridized carbons (Fsp3) is 0.889. The standard InChI is InChI=1S/C9H4F11IO2/c10-4(1-2(21)3(22)23)5(11,12)7(15,16)9(19,20)8(17,18)6(4,13)14/h2H,1H2,(H,22,23). The van der Waals surface area contributed by atoms with Gasteiger partial charge in [-0.15, -0.1) is 0 Å². The minimum atomic E-state index is -7.29. The maximum atomic E-state index is 14.0. The van der Waals surface area contributed by atoms with E-state index in [0.29, 0.717) is 22.6 Å². The van der Waals surface area contributed by atoms with Crippen molar-refractivity contribution in [2.75, 3.05) is 0 Å². The van der Waals surface area contributed by atoms with E-state index in [0.717, 1.165) is 0 Å². The Hall–Kier alpha value is -0.570. The van der Waals surface area contributed by atoms with Crippen LogP contribution in [0.1, 0.15) is 6.42 Å². The van der Waals surface area contributed by atoms with E-state index in [4.69, 9.17) is 5.11 Å². The van der Waals surface area contributed by atoms with Crippen LogP contribution in [-0.4, -0.2) is 50.3 Å². The van der Waals surface area contributed by atoms with Crippen LogP contribution < -0.4 is 0 Å². The number of halogens is 12. The second-order valence-corrected chi connectivity index (χ2v) is 6.19. The van der Waals surface area contributed by atoms with E-state index in [-0.39, 0.29) is 0 Å². The van der Waals surface area contributed by atoms with Gasteiger partial charge < -0.3 is 5.11 Å². The average molecular weight is 480 g/mol. The summed E-state index contributed by atoms with van der Waals surface area (Å²) in [5.41, 5.74) is -6.24. The van der Waals surface area contributed by atoms with Gasteiger partial charge in [-0.1, -0.05) is 22.6 Å². The average Bonchev–Trinajstić information content (AvgIpc) is 2.35. The van der Waals surface area contributed by atoms with Crippen LogP contribution in [0.4, 0.5) is 48.3 Å². The van der Waals surface area contributed by atoms with Crippen molar-refractivity contribution in [1.82, 2.24) is 0 Å². The Morgan fingerprint density at radius 1 is 0.739 bits per heavy atom. The normalized spacial score (nSPS) is 30.4. The lowest BCUT2D eigenvalue weighted by molar-refractivity contribution is -0.485. The van der Waals surface area contributed by atoms with Crippen LogP contribution in [-0.2, 0) is 4.79 Å². The van der Waals surface area contributed by atoms with Crippen molar-refractivity contribution in [3.63, 3.8) is 0 Å². The van der Waals surface area contributed by atoms with Gasteiger partial charge in [0.25, 0.3) is 5.67 Å². The summed E-state index contributed by atoms with van der Waals surface area (Å²) in [7, 11) is 0. The molecule has 1 saturated carbocycles. The monoisotopic (exact) mass is 480 g/mol. The molecule has 0 bridgehead atoms. The van der Waals surface area contributed by atoms with E-state index < -0.39 is 51.6 Å². The van der Waals surface area contributed by atoms with Gasteiger partial charge in [0, 0.05) is 6.42 Å². The van der Waals surface area contributed by atoms with Crippen molar-refractivity contribution in [2.45, 2.75) is 45.6 Å². The summed E-state index contributed by atoms with van der Waals surface area (Å²) < 4.78 is 143. The molecular formula is C9H4F11IO2. The highest BCUT2D eigenvalue weighted by Gasteiger charge is 3.00. The molecule has 0 spiro atoms. The molecule has 1 aliphatic rings. The van der Waals surface area contributed by atoms with Gasteiger partial charge in [0.05, 0.1) is 0 Å². The molecule has 0 amide bonds. The Morgan fingerprint density at radius 3 is 1.26 bits per heavy atom. The fourth-order valence-corrected chi connectivity index (χ4v) is 2.48. The Labute approximate surface area is 133 Å². The van der Waals surface area contributed by atoms with Crippen molar-refractivity contribution in [2.24, 2.45) is 0 Å². The van der Waals surface area contributed by atoms with Gasteiger partial charge in [-0.3, -0.25) is 4.79 Å². The molecule has 1 N–H and O–H groups in total. The van der Waals surface area contributed by atoms with Crippen LogP contribution in [0.5, 0.6) is 0 Å². The number of carboxylic acid groups (broad SMARTS) is 1. The molecule has 0 aromatic rings. The highest BCUT2D eigenvalue weighted by Crippen LogP contribution is 2.70. The molecule has 14 heteroatoms. The molecule has 0 aromatic heterocycles. The molecule has 2 nitrogen and oxygen atoms in total. The number of alkyl halides is 12. The first kappa shape index (κ1) is 20.5. The molecule has 1 rings (SSSR count). The predicted molar refractivity (Wildman–Crippen MR) is 58.6 cm³/mol. The molecule has 1 aliphatic carbocycles. The number of rotatable bonds is 3. The quantitative estimate of drug-likeness (QED) is 0.375. The zero-order valence-electron chi connectivity index (χ0n) is 10.2. The maximum absolute atomic E-state index is 14.0. The molecule has 23 heavy (non-hydrogen) atoms. The summed E-state index contributed by atoms with van der Waals surface area (Å²) in [5.74, 6) is -37.9. The van der Waals surface area contributed by atoms with Gasteiger partial charge in [0.15, 0.2) is 0 Å². The molecule has 136 valence electrons. The smallest absolute Gasteiger partial charge is 0.384 e. The van der Waals surface area contributed by atoms with Gasteiger partial charge in [-0.25, -0.2) is 4.39 Å². The fourth-order valence-electron chi connectivity index (χ4n) is 1.88. The van der Waals surface area contributed by atoms with E-state index in [1.807, 2.05) is 0 Å². The first-order chi connectivity index (χ1) is 9.83. The third-order valence-electron chi connectivity index (χ3n) is 3.30. The molecular weight excluding hydrogens is 476 g/mol. The molecule has 1 unspecified atom stereocenters. The first-order valence-corrected chi connectivity index (χ1v) is 6.52. The number of carbonyl (C=O) groups is 1. The summed E-state index contributed by atoms with van der Waals surface area (Å²) in [6.07, 6.45) is -2.76. The summed E-state index contributed by atoms with van der Waals surface area (Å²) >= 11 is 0.526. The van der Waals surface area contributed by atoms with Crippen LogP contribution in [0.2, 0.25) is 0 Å². The molecule has 1 fully saturated rings. The lowest BCUT2D eigenvalue weighted by Gasteiger charge is -2.52. The van der Waals surface area contributed by atoms with Crippen LogP contribution in [0, 0.1) is 0 Å². The summed E-state index contributed by atoms with van der Waals surface area (Å²) in [5, 5.41) is 8.34. The topological polar surface area (TPSA) is 37.3 Å². The van der Waals surface area contributed by atoms with Gasteiger partial charge in [0.2, 0.25) is 0 Å². The van der Waals surface area contributed by atoms with E-state index >= 15 is 0 Å². The number of hydrogen-bond donors (Lipinski definition) is 1. The highest BCUT2D eigenvalue weighted by atomic mass is 127. The second-order valence-electron chi connectivity index (χ2n) is 4.68. The molecule has 0 heterocycles. The molecule has 0 aromatic carbocycles. The summed E-state index contributed by atoms with van der Waals surface area (Å²) in [4.78, 5) is 10.4. The zero-order valence-corrected chi connectivity index (χ0v) is 12.3. The SMILES string of the molecule is O=C(O)C(I)CC1(F)C(F)(F)C(F)(F)C(F)(F)C(F)(F)C1(F)F. The Balaban J connectivity index is 3.71. The van der Waals surface area contributed by atoms with Gasteiger partial charge >= 0.3 is 35.6 Å². The molecule has 0 saturated heterocycles. The molecule has 0 radical (unpaired) electrons. The van der Waals surface area contributed by atoms with Gasteiger partial charge in [0.1, 0.15) is 3.92 Å².